The second kappa shape index (κ2) is 5.54. The highest BCUT2D eigenvalue weighted by atomic mass is 19.1. The van der Waals surface area contributed by atoms with Gasteiger partial charge in [0.25, 0.3) is 0 Å². The molecule has 1 nitrogen and oxygen atoms in total. The molecule has 1 N–H and O–H groups in total. The zero-order chi connectivity index (χ0) is 14.0. The van der Waals surface area contributed by atoms with E-state index in [1.807, 2.05) is 33.0 Å². The summed E-state index contributed by atoms with van der Waals surface area (Å²) in [5, 5.41) is 3.35. The predicted octanol–water partition coefficient (Wildman–Crippen LogP) is 4.06. The third-order valence-corrected chi connectivity index (χ3v) is 3.64. The van der Waals surface area contributed by atoms with Crippen LogP contribution in [0.2, 0.25) is 0 Å². The van der Waals surface area contributed by atoms with Crippen LogP contribution in [0.5, 0.6) is 0 Å². The molecule has 0 fully saturated rings. The van der Waals surface area contributed by atoms with Gasteiger partial charge in [0.1, 0.15) is 5.82 Å². The van der Waals surface area contributed by atoms with E-state index in [9.17, 15) is 4.39 Å². The van der Waals surface area contributed by atoms with Gasteiger partial charge >= 0.3 is 0 Å². The maximum atomic E-state index is 13.4. The molecule has 2 aromatic carbocycles. The molecule has 2 heteroatoms. The second-order valence-electron chi connectivity index (χ2n) is 5.03. The minimum Gasteiger partial charge on any atom is -0.309 e. The first-order valence-electron chi connectivity index (χ1n) is 6.54. The van der Waals surface area contributed by atoms with Gasteiger partial charge in [-0.25, -0.2) is 4.39 Å². The number of aryl methyl sites for hydroxylation is 3. The van der Waals surface area contributed by atoms with Crippen LogP contribution in [-0.4, -0.2) is 7.05 Å². The summed E-state index contributed by atoms with van der Waals surface area (Å²) in [7, 11) is 1.94. The smallest absolute Gasteiger partial charge is 0.123 e. The highest BCUT2D eigenvalue weighted by molar-refractivity contribution is 5.44. The third-order valence-electron chi connectivity index (χ3n) is 3.64. The Morgan fingerprint density at radius 1 is 0.947 bits per heavy atom. The summed E-state index contributed by atoms with van der Waals surface area (Å²) in [6.07, 6.45) is 0. The molecule has 1 atom stereocenters. The molecule has 0 saturated carbocycles. The lowest BCUT2D eigenvalue weighted by molar-refractivity contribution is 0.618. The molecule has 0 aliphatic carbocycles. The molecule has 0 radical (unpaired) electrons. The van der Waals surface area contributed by atoms with Crippen molar-refractivity contribution in [2.24, 2.45) is 0 Å². The molecule has 0 aliphatic rings. The fourth-order valence-corrected chi connectivity index (χ4v) is 2.74. The average Bonchev–Trinajstić information content (AvgIpc) is 2.34. The summed E-state index contributed by atoms with van der Waals surface area (Å²) in [4.78, 5) is 0. The molecule has 0 aromatic heterocycles. The Bertz CT molecular complexity index is 567. The molecule has 0 spiro atoms. The summed E-state index contributed by atoms with van der Waals surface area (Å²) in [6.45, 7) is 6.04. The molecular formula is C17H20FN. The van der Waals surface area contributed by atoms with Crippen molar-refractivity contribution in [3.8, 4) is 0 Å². The minimum atomic E-state index is -0.168. The zero-order valence-corrected chi connectivity index (χ0v) is 11.9. The van der Waals surface area contributed by atoms with Crippen molar-refractivity contribution in [3.63, 3.8) is 0 Å². The van der Waals surface area contributed by atoms with E-state index >= 15 is 0 Å². The van der Waals surface area contributed by atoms with Gasteiger partial charge in [0, 0.05) is 0 Å². The van der Waals surface area contributed by atoms with Crippen LogP contribution in [0, 0.1) is 26.6 Å². The van der Waals surface area contributed by atoms with Crippen LogP contribution in [-0.2, 0) is 0 Å². The predicted molar refractivity (Wildman–Crippen MR) is 78.0 cm³/mol. The van der Waals surface area contributed by atoms with Crippen LogP contribution in [0.4, 0.5) is 4.39 Å². The lowest BCUT2D eigenvalue weighted by Crippen LogP contribution is -2.21. The SMILES string of the molecule is CNC(c1ccccc1C)c1c(C)cc(F)cc1C. The molecular weight excluding hydrogens is 237 g/mol. The quantitative estimate of drug-likeness (QED) is 0.874. The molecule has 2 aromatic rings. The summed E-state index contributed by atoms with van der Waals surface area (Å²) in [6, 6.07) is 11.6. The van der Waals surface area contributed by atoms with Crippen molar-refractivity contribution in [3.05, 3.63) is 70.0 Å². The van der Waals surface area contributed by atoms with Crippen LogP contribution in [0.1, 0.15) is 33.9 Å². The summed E-state index contributed by atoms with van der Waals surface area (Å²) < 4.78 is 13.4. The first-order chi connectivity index (χ1) is 9.04. The van der Waals surface area contributed by atoms with E-state index in [2.05, 4.69) is 24.4 Å². The summed E-state index contributed by atoms with van der Waals surface area (Å²) >= 11 is 0. The van der Waals surface area contributed by atoms with Crippen LogP contribution < -0.4 is 5.32 Å². The summed E-state index contributed by atoms with van der Waals surface area (Å²) in [5.74, 6) is -0.168. The van der Waals surface area contributed by atoms with Gasteiger partial charge in [-0.1, -0.05) is 24.3 Å². The Hall–Kier alpha value is -1.67. The van der Waals surface area contributed by atoms with Crippen molar-refractivity contribution in [2.75, 3.05) is 7.05 Å². The van der Waals surface area contributed by atoms with Crippen molar-refractivity contribution in [1.82, 2.24) is 5.32 Å². The van der Waals surface area contributed by atoms with Gasteiger partial charge in [0.05, 0.1) is 6.04 Å². The van der Waals surface area contributed by atoms with Gasteiger partial charge in [-0.15, -0.1) is 0 Å². The largest absolute Gasteiger partial charge is 0.309 e. The van der Waals surface area contributed by atoms with Crippen molar-refractivity contribution in [1.29, 1.82) is 0 Å². The fourth-order valence-electron chi connectivity index (χ4n) is 2.74. The molecule has 0 aliphatic heterocycles. The number of nitrogens with one attached hydrogen (secondary N) is 1. The van der Waals surface area contributed by atoms with Crippen molar-refractivity contribution in [2.45, 2.75) is 26.8 Å². The Balaban J connectivity index is 2.58. The Morgan fingerprint density at radius 3 is 2.05 bits per heavy atom. The maximum Gasteiger partial charge on any atom is 0.123 e. The number of rotatable bonds is 3. The number of hydrogen-bond donors (Lipinski definition) is 1. The maximum absolute atomic E-state index is 13.4. The van der Waals surface area contributed by atoms with Crippen LogP contribution in [0.25, 0.3) is 0 Å². The van der Waals surface area contributed by atoms with E-state index < -0.39 is 0 Å². The second-order valence-corrected chi connectivity index (χ2v) is 5.03. The van der Waals surface area contributed by atoms with E-state index in [0.29, 0.717) is 0 Å². The number of benzene rings is 2. The Morgan fingerprint density at radius 2 is 1.53 bits per heavy atom. The highest BCUT2D eigenvalue weighted by Gasteiger charge is 2.18. The van der Waals surface area contributed by atoms with Crippen molar-refractivity contribution < 1.29 is 4.39 Å². The average molecular weight is 257 g/mol. The van der Waals surface area contributed by atoms with Gasteiger partial charge in [-0.05, 0) is 67.8 Å². The number of hydrogen-bond acceptors (Lipinski definition) is 1. The lowest BCUT2D eigenvalue weighted by atomic mass is 9.89. The van der Waals surface area contributed by atoms with E-state index in [0.717, 1.165) is 11.1 Å². The van der Waals surface area contributed by atoms with Gasteiger partial charge in [0.15, 0.2) is 0 Å². The normalized spacial score (nSPS) is 12.5. The Kier molecular flexibility index (Phi) is 4.01. The standard InChI is InChI=1S/C17H20FN/c1-11-7-5-6-8-15(11)17(19-4)16-12(2)9-14(18)10-13(16)3/h5-10,17,19H,1-4H3. The molecule has 2 rings (SSSR count). The topological polar surface area (TPSA) is 12.0 Å². The molecule has 0 amide bonds. The van der Waals surface area contributed by atoms with E-state index in [-0.39, 0.29) is 11.9 Å². The van der Waals surface area contributed by atoms with Gasteiger partial charge in [-0.3, -0.25) is 0 Å². The van der Waals surface area contributed by atoms with Crippen LogP contribution >= 0.6 is 0 Å². The van der Waals surface area contributed by atoms with Gasteiger partial charge in [-0.2, -0.15) is 0 Å². The van der Waals surface area contributed by atoms with Gasteiger partial charge < -0.3 is 5.32 Å². The first-order valence-corrected chi connectivity index (χ1v) is 6.54. The van der Waals surface area contributed by atoms with Crippen LogP contribution in [0.15, 0.2) is 36.4 Å². The van der Waals surface area contributed by atoms with E-state index in [4.69, 9.17) is 0 Å². The zero-order valence-electron chi connectivity index (χ0n) is 11.9. The molecule has 0 bridgehead atoms. The fraction of sp³-hybridized carbons (Fsp3) is 0.294. The molecule has 100 valence electrons. The number of halogens is 1. The first kappa shape index (κ1) is 13.8. The molecule has 1 unspecified atom stereocenters. The molecule has 0 heterocycles. The lowest BCUT2D eigenvalue weighted by Gasteiger charge is -2.23. The van der Waals surface area contributed by atoms with E-state index in [1.165, 1.54) is 16.7 Å². The molecule has 0 saturated heterocycles. The van der Waals surface area contributed by atoms with Crippen LogP contribution in [0.3, 0.4) is 0 Å². The minimum absolute atomic E-state index is 0.0989. The molecule has 19 heavy (non-hydrogen) atoms. The van der Waals surface area contributed by atoms with E-state index in [1.54, 1.807) is 12.1 Å². The highest BCUT2D eigenvalue weighted by Crippen LogP contribution is 2.30. The monoisotopic (exact) mass is 257 g/mol. The van der Waals surface area contributed by atoms with Crippen molar-refractivity contribution >= 4 is 0 Å². The Labute approximate surface area is 114 Å². The third kappa shape index (κ3) is 2.69. The summed E-state index contributed by atoms with van der Waals surface area (Å²) in [5.41, 5.74) is 5.62. The van der Waals surface area contributed by atoms with Gasteiger partial charge in [0.2, 0.25) is 0 Å².